The van der Waals surface area contributed by atoms with Crippen LogP contribution in [0.2, 0.25) is 0 Å². The summed E-state index contributed by atoms with van der Waals surface area (Å²) in [5.41, 5.74) is 0.670. The lowest BCUT2D eigenvalue weighted by atomic mass is 10.1. The summed E-state index contributed by atoms with van der Waals surface area (Å²) in [5.74, 6) is 1.05. The minimum Gasteiger partial charge on any atom is -0.495 e. The van der Waals surface area contributed by atoms with Gasteiger partial charge in [-0.25, -0.2) is 4.79 Å². The number of ether oxygens (including phenoxy) is 1. The Morgan fingerprint density at radius 2 is 1.88 bits per heavy atom. The van der Waals surface area contributed by atoms with Crippen LogP contribution in [0, 0.1) is 5.92 Å². The maximum Gasteiger partial charge on any atom is 0.319 e. The molecule has 4 heteroatoms. The number of rotatable bonds is 4. The Balaban J connectivity index is 2.62. The molecule has 4 nitrogen and oxygen atoms in total. The first-order valence-electron chi connectivity index (χ1n) is 5.75. The third-order valence-corrected chi connectivity index (χ3v) is 2.71. The van der Waals surface area contributed by atoms with E-state index < -0.39 is 0 Å². The van der Waals surface area contributed by atoms with Crippen LogP contribution in [0.4, 0.5) is 10.5 Å². The Morgan fingerprint density at radius 1 is 1.24 bits per heavy atom. The number of benzene rings is 1. The molecule has 0 saturated heterocycles. The van der Waals surface area contributed by atoms with Gasteiger partial charge < -0.3 is 15.4 Å². The van der Waals surface area contributed by atoms with E-state index in [1.807, 2.05) is 25.1 Å². The molecule has 0 saturated carbocycles. The highest BCUT2D eigenvalue weighted by atomic mass is 16.5. The van der Waals surface area contributed by atoms with Crippen molar-refractivity contribution in [2.24, 2.45) is 5.92 Å². The molecular formula is C13H20N2O2. The molecule has 17 heavy (non-hydrogen) atoms. The predicted octanol–water partition coefficient (Wildman–Crippen LogP) is 2.86. The SMILES string of the molecule is COc1ccccc1NC(=O)N[C@H](C)C(C)C. The van der Waals surface area contributed by atoms with Crippen LogP contribution >= 0.6 is 0 Å². The zero-order valence-corrected chi connectivity index (χ0v) is 10.8. The van der Waals surface area contributed by atoms with Crippen LogP contribution < -0.4 is 15.4 Å². The Labute approximate surface area is 102 Å². The molecule has 2 N–H and O–H groups in total. The van der Waals surface area contributed by atoms with Crippen molar-refractivity contribution in [2.75, 3.05) is 12.4 Å². The Hall–Kier alpha value is -1.71. The second-order valence-corrected chi connectivity index (χ2v) is 4.33. The van der Waals surface area contributed by atoms with Crippen molar-refractivity contribution < 1.29 is 9.53 Å². The van der Waals surface area contributed by atoms with Crippen molar-refractivity contribution in [1.29, 1.82) is 0 Å². The summed E-state index contributed by atoms with van der Waals surface area (Å²) < 4.78 is 5.16. The number of hydrogen-bond donors (Lipinski definition) is 2. The van der Waals surface area contributed by atoms with Gasteiger partial charge in [0.25, 0.3) is 0 Å². The fourth-order valence-electron chi connectivity index (χ4n) is 1.28. The summed E-state index contributed by atoms with van der Waals surface area (Å²) in [6, 6.07) is 7.24. The molecule has 0 unspecified atom stereocenters. The summed E-state index contributed by atoms with van der Waals surface area (Å²) in [6.07, 6.45) is 0. The van der Waals surface area contributed by atoms with Crippen LogP contribution in [0.3, 0.4) is 0 Å². The molecule has 0 heterocycles. The molecule has 0 aromatic heterocycles. The summed E-state index contributed by atoms with van der Waals surface area (Å²) >= 11 is 0. The van der Waals surface area contributed by atoms with Crippen LogP contribution in [-0.4, -0.2) is 19.2 Å². The number of amides is 2. The molecule has 0 aliphatic rings. The number of anilines is 1. The van der Waals surface area contributed by atoms with Gasteiger partial charge in [-0.05, 0) is 25.0 Å². The third-order valence-electron chi connectivity index (χ3n) is 2.71. The molecule has 0 radical (unpaired) electrons. The Bertz CT molecular complexity index is 377. The van der Waals surface area contributed by atoms with E-state index in [1.54, 1.807) is 13.2 Å². The van der Waals surface area contributed by atoms with Crippen molar-refractivity contribution in [3.63, 3.8) is 0 Å². The van der Waals surface area contributed by atoms with E-state index in [1.165, 1.54) is 0 Å². The zero-order valence-electron chi connectivity index (χ0n) is 10.8. The van der Waals surface area contributed by atoms with Crippen LogP contribution in [-0.2, 0) is 0 Å². The lowest BCUT2D eigenvalue weighted by Gasteiger charge is -2.18. The summed E-state index contributed by atoms with van der Waals surface area (Å²) in [5, 5.41) is 5.65. The van der Waals surface area contributed by atoms with Gasteiger partial charge in [-0.2, -0.15) is 0 Å². The van der Waals surface area contributed by atoms with Gasteiger partial charge >= 0.3 is 6.03 Å². The highest BCUT2D eigenvalue weighted by Crippen LogP contribution is 2.22. The summed E-state index contributed by atoms with van der Waals surface area (Å²) in [7, 11) is 1.58. The van der Waals surface area contributed by atoms with E-state index in [4.69, 9.17) is 4.74 Å². The number of hydrogen-bond acceptors (Lipinski definition) is 2. The molecule has 0 spiro atoms. The van der Waals surface area contributed by atoms with E-state index >= 15 is 0 Å². The van der Waals surface area contributed by atoms with Crippen LogP contribution in [0.5, 0.6) is 5.75 Å². The molecule has 0 fully saturated rings. The van der Waals surface area contributed by atoms with E-state index in [0.717, 1.165) is 0 Å². The maximum absolute atomic E-state index is 11.7. The standard InChI is InChI=1S/C13H20N2O2/c1-9(2)10(3)14-13(16)15-11-7-5-6-8-12(11)17-4/h5-10H,1-4H3,(H2,14,15,16)/t10-/m1/s1. The lowest BCUT2D eigenvalue weighted by molar-refractivity contribution is 0.246. The second-order valence-electron chi connectivity index (χ2n) is 4.33. The first kappa shape index (κ1) is 13.4. The molecule has 2 amide bonds. The molecule has 0 bridgehead atoms. The van der Waals surface area contributed by atoms with Gasteiger partial charge in [-0.15, -0.1) is 0 Å². The van der Waals surface area contributed by atoms with Gasteiger partial charge in [0.15, 0.2) is 0 Å². The number of carbonyl (C=O) groups is 1. The van der Waals surface area contributed by atoms with Crippen molar-refractivity contribution in [2.45, 2.75) is 26.8 Å². The minimum atomic E-state index is -0.212. The van der Waals surface area contributed by atoms with Gasteiger partial charge in [0.1, 0.15) is 5.75 Å². The lowest BCUT2D eigenvalue weighted by Crippen LogP contribution is -2.39. The minimum absolute atomic E-state index is 0.129. The number of urea groups is 1. The van der Waals surface area contributed by atoms with Crippen molar-refractivity contribution in [1.82, 2.24) is 5.32 Å². The van der Waals surface area contributed by atoms with Crippen LogP contribution in [0.25, 0.3) is 0 Å². The second kappa shape index (κ2) is 6.13. The van der Waals surface area contributed by atoms with E-state index in [9.17, 15) is 4.79 Å². The van der Waals surface area contributed by atoms with E-state index in [0.29, 0.717) is 17.4 Å². The van der Waals surface area contributed by atoms with Crippen molar-refractivity contribution >= 4 is 11.7 Å². The van der Waals surface area contributed by atoms with Gasteiger partial charge in [-0.3, -0.25) is 0 Å². The van der Waals surface area contributed by atoms with Crippen LogP contribution in [0.15, 0.2) is 24.3 Å². The first-order chi connectivity index (χ1) is 8.04. The fourth-order valence-corrected chi connectivity index (χ4v) is 1.28. The summed E-state index contributed by atoms with van der Waals surface area (Å²) in [6.45, 7) is 6.11. The van der Waals surface area contributed by atoms with E-state index in [2.05, 4.69) is 24.5 Å². The molecule has 1 aromatic rings. The molecule has 1 aromatic carbocycles. The monoisotopic (exact) mass is 236 g/mol. The molecular weight excluding hydrogens is 216 g/mol. The molecule has 1 atom stereocenters. The Morgan fingerprint density at radius 3 is 2.47 bits per heavy atom. The average molecular weight is 236 g/mol. The predicted molar refractivity (Wildman–Crippen MR) is 69.4 cm³/mol. The van der Waals surface area contributed by atoms with Crippen molar-refractivity contribution in [3.05, 3.63) is 24.3 Å². The quantitative estimate of drug-likeness (QED) is 0.844. The van der Waals surface area contributed by atoms with Crippen molar-refractivity contribution in [3.8, 4) is 5.75 Å². The van der Waals surface area contributed by atoms with Gasteiger partial charge in [0.05, 0.1) is 12.8 Å². The highest BCUT2D eigenvalue weighted by Gasteiger charge is 2.11. The normalized spacial score (nSPS) is 12.1. The average Bonchev–Trinajstić information content (AvgIpc) is 2.29. The number of nitrogens with one attached hydrogen (secondary N) is 2. The number of para-hydroxylation sites is 2. The fraction of sp³-hybridized carbons (Fsp3) is 0.462. The van der Waals surface area contributed by atoms with E-state index in [-0.39, 0.29) is 12.1 Å². The topological polar surface area (TPSA) is 50.4 Å². The molecule has 1 rings (SSSR count). The van der Waals surface area contributed by atoms with Gasteiger partial charge in [-0.1, -0.05) is 26.0 Å². The summed E-state index contributed by atoms with van der Waals surface area (Å²) in [4.78, 5) is 11.7. The number of carbonyl (C=O) groups excluding carboxylic acids is 1. The van der Waals surface area contributed by atoms with Gasteiger partial charge in [0, 0.05) is 6.04 Å². The first-order valence-corrected chi connectivity index (χ1v) is 5.75. The maximum atomic E-state index is 11.7. The molecule has 94 valence electrons. The largest absolute Gasteiger partial charge is 0.495 e. The molecule has 0 aliphatic carbocycles. The van der Waals surface area contributed by atoms with Gasteiger partial charge in [0.2, 0.25) is 0 Å². The smallest absolute Gasteiger partial charge is 0.319 e. The third kappa shape index (κ3) is 3.98. The number of methoxy groups -OCH3 is 1. The Kier molecular flexibility index (Phi) is 4.82. The zero-order chi connectivity index (χ0) is 12.8. The molecule has 0 aliphatic heterocycles. The highest BCUT2D eigenvalue weighted by molar-refractivity contribution is 5.91. The van der Waals surface area contributed by atoms with Crippen LogP contribution in [0.1, 0.15) is 20.8 Å².